The van der Waals surface area contributed by atoms with Gasteiger partial charge in [0, 0.05) is 23.7 Å². The van der Waals surface area contributed by atoms with Crippen LogP contribution in [0.15, 0.2) is 53.4 Å². The first-order valence-corrected chi connectivity index (χ1v) is 12.4. The van der Waals surface area contributed by atoms with E-state index in [0.29, 0.717) is 17.9 Å². The highest BCUT2D eigenvalue weighted by molar-refractivity contribution is 7.99. The van der Waals surface area contributed by atoms with Crippen molar-refractivity contribution < 1.29 is 14.4 Å². The molecule has 1 atom stereocenters. The third-order valence-electron chi connectivity index (χ3n) is 6.17. The molecule has 0 spiro atoms. The van der Waals surface area contributed by atoms with E-state index in [4.69, 9.17) is 0 Å². The number of thioether (sulfide) groups is 1. The molecule has 7 nitrogen and oxygen atoms in total. The van der Waals surface area contributed by atoms with Crippen LogP contribution in [0, 0.1) is 0 Å². The molecule has 2 aliphatic heterocycles. The number of piperidine rings is 1. The Morgan fingerprint density at radius 3 is 2.45 bits per heavy atom. The van der Waals surface area contributed by atoms with Gasteiger partial charge in [-0.15, -0.1) is 11.8 Å². The van der Waals surface area contributed by atoms with Crippen LogP contribution in [0.25, 0.3) is 0 Å². The molecular weight excluding hydrogens is 436 g/mol. The van der Waals surface area contributed by atoms with E-state index in [1.165, 1.54) is 36.6 Å². The highest BCUT2D eigenvalue weighted by Gasteiger charge is 2.41. The molecule has 2 heterocycles. The summed E-state index contributed by atoms with van der Waals surface area (Å²) in [4.78, 5) is 39.9. The second-order valence-corrected chi connectivity index (χ2v) is 9.83. The van der Waals surface area contributed by atoms with Crippen LogP contribution in [-0.4, -0.2) is 47.1 Å². The molecule has 0 saturated carbocycles. The molecule has 33 heavy (non-hydrogen) atoms. The summed E-state index contributed by atoms with van der Waals surface area (Å²) in [6.07, 6.45) is 3.80. The first kappa shape index (κ1) is 23.3. The van der Waals surface area contributed by atoms with Crippen LogP contribution in [0.5, 0.6) is 0 Å². The van der Waals surface area contributed by atoms with Crippen molar-refractivity contribution in [3.63, 3.8) is 0 Å². The molecule has 2 saturated heterocycles. The van der Waals surface area contributed by atoms with Crippen LogP contribution in [0.1, 0.15) is 47.7 Å². The quantitative estimate of drug-likeness (QED) is 0.410. The Kier molecular flexibility index (Phi) is 7.35. The van der Waals surface area contributed by atoms with Crippen molar-refractivity contribution in [1.29, 1.82) is 0 Å². The van der Waals surface area contributed by atoms with E-state index in [1.54, 1.807) is 13.0 Å². The zero-order valence-electron chi connectivity index (χ0n) is 18.9. The van der Waals surface area contributed by atoms with E-state index in [-0.39, 0.29) is 11.8 Å². The predicted molar refractivity (Wildman–Crippen MR) is 129 cm³/mol. The van der Waals surface area contributed by atoms with Crippen LogP contribution in [0.3, 0.4) is 0 Å². The number of carbonyl (C=O) groups excluding carboxylic acids is 3. The Morgan fingerprint density at radius 2 is 1.73 bits per heavy atom. The highest BCUT2D eigenvalue weighted by Crippen LogP contribution is 2.27. The molecule has 3 N–H and O–H groups in total. The number of rotatable bonds is 8. The fourth-order valence-corrected chi connectivity index (χ4v) is 5.34. The standard InChI is InChI=1S/C25H30N4O3S/c1-25(23(31)27-24(32)28-25)17-33-21-12-6-5-11-20(21)22(30)26-15-18-9-3-4-10-19(18)16-29-13-7-2-8-14-29/h3-6,9-12H,2,7-8,13-17H2,1H3,(H,26,30)(H2,27,28,31,32)/t25-/m1/s1. The topological polar surface area (TPSA) is 90.5 Å². The third kappa shape index (κ3) is 5.75. The van der Waals surface area contributed by atoms with Crippen LogP contribution in [0.4, 0.5) is 4.79 Å². The minimum absolute atomic E-state index is 0.157. The van der Waals surface area contributed by atoms with Crippen molar-refractivity contribution in [3.8, 4) is 0 Å². The van der Waals surface area contributed by atoms with Gasteiger partial charge in [-0.3, -0.25) is 19.8 Å². The minimum Gasteiger partial charge on any atom is -0.348 e. The van der Waals surface area contributed by atoms with Gasteiger partial charge in [0.05, 0.1) is 5.56 Å². The molecule has 2 aromatic rings. The summed E-state index contributed by atoms with van der Waals surface area (Å²) in [5.41, 5.74) is 1.93. The maximum Gasteiger partial charge on any atom is 0.322 e. The largest absolute Gasteiger partial charge is 0.348 e. The van der Waals surface area contributed by atoms with Crippen molar-refractivity contribution in [2.45, 2.75) is 49.7 Å². The van der Waals surface area contributed by atoms with Crippen LogP contribution in [-0.2, 0) is 17.9 Å². The average Bonchev–Trinajstić information content (AvgIpc) is 3.09. The number of carbonyl (C=O) groups is 3. The number of imide groups is 1. The van der Waals surface area contributed by atoms with E-state index in [0.717, 1.165) is 30.1 Å². The summed E-state index contributed by atoms with van der Waals surface area (Å²) in [7, 11) is 0. The van der Waals surface area contributed by atoms with E-state index in [1.807, 2.05) is 24.3 Å². The molecule has 2 aromatic carbocycles. The minimum atomic E-state index is -1.00. The maximum atomic E-state index is 13.0. The second-order valence-electron chi connectivity index (χ2n) is 8.81. The van der Waals surface area contributed by atoms with Gasteiger partial charge in [-0.05, 0) is 56.1 Å². The van der Waals surface area contributed by atoms with Gasteiger partial charge in [0.1, 0.15) is 5.54 Å². The fourth-order valence-electron chi connectivity index (χ4n) is 4.20. The third-order valence-corrected chi connectivity index (χ3v) is 7.55. The Morgan fingerprint density at radius 1 is 1.03 bits per heavy atom. The summed E-state index contributed by atoms with van der Waals surface area (Å²) in [5.74, 6) is -0.184. The van der Waals surface area contributed by atoms with E-state index in [2.05, 4.69) is 39.0 Å². The molecule has 4 rings (SSSR count). The molecule has 4 amide bonds. The smallest absolute Gasteiger partial charge is 0.322 e. The number of nitrogens with one attached hydrogen (secondary N) is 3. The lowest BCUT2D eigenvalue weighted by Gasteiger charge is -2.27. The first-order valence-electron chi connectivity index (χ1n) is 11.4. The molecule has 0 bridgehead atoms. The van der Waals surface area contributed by atoms with Gasteiger partial charge in [0.15, 0.2) is 0 Å². The zero-order valence-corrected chi connectivity index (χ0v) is 19.7. The zero-order chi connectivity index (χ0) is 23.3. The van der Waals surface area contributed by atoms with Crippen LogP contribution < -0.4 is 16.0 Å². The van der Waals surface area contributed by atoms with E-state index >= 15 is 0 Å². The number of nitrogens with zero attached hydrogens (tertiary/aromatic N) is 1. The fraction of sp³-hybridized carbons (Fsp3) is 0.400. The molecule has 2 fully saturated rings. The maximum absolute atomic E-state index is 13.0. The van der Waals surface area contributed by atoms with Gasteiger partial charge in [-0.2, -0.15) is 0 Å². The Labute approximate surface area is 198 Å². The monoisotopic (exact) mass is 466 g/mol. The van der Waals surface area contributed by atoms with E-state index < -0.39 is 11.6 Å². The second kappa shape index (κ2) is 10.4. The molecule has 0 aromatic heterocycles. The number of amides is 4. The normalized spacial score (nSPS) is 20.9. The molecule has 174 valence electrons. The van der Waals surface area contributed by atoms with Gasteiger partial charge in [0.25, 0.3) is 11.8 Å². The molecular formula is C25H30N4O3S. The summed E-state index contributed by atoms with van der Waals surface area (Å²) >= 11 is 1.38. The van der Waals surface area contributed by atoms with Crippen molar-refractivity contribution in [3.05, 3.63) is 65.2 Å². The number of hydrogen-bond acceptors (Lipinski definition) is 5. The first-order chi connectivity index (χ1) is 15.9. The molecule has 2 aliphatic rings. The number of hydrogen-bond donors (Lipinski definition) is 3. The van der Waals surface area contributed by atoms with Gasteiger partial charge in [-0.1, -0.05) is 42.8 Å². The van der Waals surface area contributed by atoms with Crippen LogP contribution >= 0.6 is 11.8 Å². The van der Waals surface area contributed by atoms with Crippen molar-refractivity contribution in [2.75, 3.05) is 18.8 Å². The van der Waals surface area contributed by atoms with Gasteiger partial charge < -0.3 is 10.6 Å². The van der Waals surface area contributed by atoms with Gasteiger partial charge in [0.2, 0.25) is 0 Å². The molecule has 8 heteroatoms. The summed E-state index contributed by atoms with van der Waals surface area (Å²) < 4.78 is 0. The number of benzene rings is 2. The molecule has 0 unspecified atom stereocenters. The number of urea groups is 1. The average molecular weight is 467 g/mol. The lowest BCUT2D eigenvalue weighted by atomic mass is 10.0. The van der Waals surface area contributed by atoms with Crippen molar-refractivity contribution >= 4 is 29.6 Å². The van der Waals surface area contributed by atoms with Gasteiger partial charge in [-0.25, -0.2) is 4.79 Å². The molecule has 0 radical (unpaired) electrons. The molecule has 0 aliphatic carbocycles. The lowest BCUT2D eigenvalue weighted by molar-refractivity contribution is -0.122. The van der Waals surface area contributed by atoms with Crippen molar-refractivity contribution in [2.24, 2.45) is 0 Å². The van der Waals surface area contributed by atoms with E-state index in [9.17, 15) is 14.4 Å². The summed E-state index contributed by atoms with van der Waals surface area (Å²) in [5, 5.41) is 8.00. The summed E-state index contributed by atoms with van der Waals surface area (Å²) in [6.45, 7) is 5.30. The van der Waals surface area contributed by atoms with Gasteiger partial charge >= 0.3 is 6.03 Å². The summed E-state index contributed by atoms with van der Waals surface area (Å²) in [6, 6.07) is 15.1. The van der Waals surface area contributed by atoms with Crippen molar-refractivity contribution in [1.82, 2.24) is 20.9 Å². The SMILES string of the molecule is C[C@]1(CSc2ccccc2C(=O)NCc2ccccc2CN2CCCCC2)NC(=O)NC1=O. The highest BCUT2D eigenvalue weighted by atomic mass is 32.2. The van der Waals surface area contributed by atoms with Crippen LogP contribution in [0.2, 0.25) is 0 Å². The predicted octanol–water partition coefficient (Wildman–Crippen LogP) is 3.29. The Hall–Kier alpha value is -2.84. The number of likely N-dealkylation sites (tertiary alicyclic amines) is 1. The lowest BCUT2D eigenvalue weighted by Crippen LogP contribution is -2.46. The Bertz CT molecular complexity index is 1040. The Balaban J connectivity index is 1.40.